The van der Waals surface area contributed by atoms with Crippen LogP contribution in [0.2, 0.25) is 0 Å². The van der Waals surface area contributed by atoms with Gasteiger partial charge in [0.25, 0.3) is 0 Å². The molecule has 2 aromatic rings. The lowest BCUT2D eigenvalue weighted by molar-refractivity contribution is 0.615. The molecule has 0 saturated carbocycles. The lowest BCUT2D eigenvalue weighted by atomic mass is 10.1. The highest BCUT2D eigenvalue weighted by Crippen LogP contribution is 2.18. The van der Waals surface area contributed by atoms with Crippen LogP contribution in [0.25, 0.3) is 0 Å². The average Bonchev–Trinajstić information content (AvgIpc) is 2.57. The highest BCUT2D eigenvalue weighted by atomic mass is 19.1. The maximum Gasteiger partial charge on any atom is 0.191 e. The summed E-state index contributed by atoms with van der Waals surface area (Å²) >= 11 is 0. The number of aliphatic imine (C=N–C) groups is 1. The molecule has 0 amide bonds. The van der Waals surface area contributed by atoms with E-state index in [-0.39, 0.29) is 11.6 Å². The first-order valence-corrected chi connectivity index (χ1v) is 8.06. The molecule has 0 aliphatic heterocycles. The van der Waals surface area contributed by atoms with E-state index in [1.807, 2.05) is 12.1 Å². The van der Waals surface area contributed by atoms with E-state index < -0.39 is 0 Å². The molecule has 2 N–H and O–H groups in total. The fourth-order valence-corrected chi connectivity index (χ4v) is 2.36. The summed E-state index contributed by atoms with van der Waals surface area (Å²) in [5.74, 6) is 0.0826. The van der Waals surface area contributed by atoms with Gasteiger partial charge in [0, 0.05) is 34.2 Å². The number of nitrogens with one attached hydrogen (secondary N) is 2. The standard InChI is InChI=1S/C19H24F2N4/c1-13-5-6-14(9-16(13)20)11-23-19(22-2)24-12-15-7-8-18(25(3)4)17(21)10-15/h5-10H,11-12H2,1-4H3,(H2,22,23,24). The average molecular weight is 346 g/mol. The summed E-state index contributed by atoms with van der Waals surface area (Å²) in [6.45, 7) is 2.62. The minimum Gasteiger partial charge on any atom is -0.375 e. The Labute approximate surface area is 147 Å². The number of guanidine groups is 1. The van der Waals surface area contributed by atoms with Crippen LogP contribution < -0.4 is 15.5 Å². The Morgan fingerprint density at radius 1 is 0.960 bits per heavy atom. The molecule has 0 unspecified atom stereocenters. The molecule has 0 radical (unpaired) electrons. The lowest BCUT2D eigenvalue weighted by Gasteiger charge is -2.15. The van der Waals surface area contributed by atoms with Crippen LogP contribution >= 0.6 is 0 Å². The summed E-state index contributed by atoms with van der Waals surface area (Å²) in [6, 6.07) is 10.2. The van der Waals surface area contributed by atoms with Crippen LogP contribution in [0, 0.1) is 18.6 Å². The molecule has 6 heteroatoms. The Balaban J connectivity index is 1.92. The third-order valence-corrected chi connectivity index (χ3v) is 3.87. The lowest BCUT2D eigenvalue weighted by Crippen LogP contribution is -2.36. The van der Waals surface area contributed by atoms with Crippen molar-refractivity contribution in [2.24, 2.45) is 4.99 Å². The molecule has 0 fully saturated rings. The van der Waals surface area contributed by atoms with Gasteiger partial charge >= 0.3 is 0 Å². The Kier molecular flexibility index (Phi) is 6.33. The van der Waals surface area contributed by atoms with Gasteiger partial charge in [-0.25, -0.2) is 8.78 Å². The van der Waals surface area contributed by atoms with E-state index in [0.29, 0.717) is 30.3 Å². The minimum absolute atomic E-state index is 0.223. The van der Waals surface area contributed by atoms with Gasteiger partial charge in [0.1, 0.15) is 11.6 Å². The first-order valence-electron chi connectivity index (χ1n) is 8.06. The Morgan fingerprint density at radius 3 is 2.00 bits per heavy atom. The number of halogens is 2. The Hall–Kier alpha value is -2.63. The molecule has 0 atom stereocenters. The number of hydrogen-bond acceptors (Lipinski definition) is 2. The molecular weight excluding hydrogens is 322 g/mol. The molecule has 134 valence electrons. The van der Waals surface area contributed by atoms with Crippen LogP contribution in [0.15, 0.2) is 41.4 Å². The van der Waals surface area contributed by atoms with Crippen molar-refractivity contribution in [3.05, 3.63) is 64.7 Å². The van der Waals surface area contributed by atoms with Crippen molar-refractivity contribution >= 4 is 11.6 Å². The van der Waals surface area contributed by atoms with E-state index in [0.717, 1.165) is 11.1 Å². The van der Waals surface area contributed by atoms with E-state index >= 15 is 0 Å². The third kappa shape index (κ3) is 5.17. The Bertz CT molecular complexity index is 757. The zero-order chi connectivity index (χ0) is 18.4. The van der Waals surface area contributed by atoms with Gasteiger partial charge in [0.2, 0.25) is 0 Å². The van der Waals surface area contributed by atoms with Gasteiger partial charge in [0.05, 0.1) is 5.69 Å². The van der Waals surface area contributed by atoms with Gasteiger partial charge in [-0.15, -0.1) is 0 Å². The topological polar surface area (TPSA) is 39.7 Å². The van der Waals surface area contributed by atoms with Crippen LogP contribution in [0.4, 0.5) is 14.5 Å². The zero-order valence-corrected chi connectivity index (χ0v) is 15.0. The summed E-state index contributed by atoms with van der Waals surface area (Å²) in [5, 5.41) is 6.24. The summed E-state index contributed by atoms with van der Waals surface area (Å²) in [7, 11) is 5.26. The van der Waals surface area contributed by atoms with Crippen LogP contribution in [-0.4, -0.2) is 27.1 Å². The van der Waals surface area contributed by atoms with Gasteiger partial charge in [-0.3, -0.25) is 4.99 Å². The third-order valence-electron chi connectivity index (χ3n) is 3.87. The first-order chi connectivity index (χ1) is 11.9. The molecule has 25 heavy (non-hydrogen) atoms. The van der Waals surface area contributed by atoms with E-state index in [2.05, 4.69) is 15.6 Å². The van der Waals surface area contributed by atoms with Crippen molar-refractivity contribution < 1.29 is 8.78 Å². The molecule has 0 aromatic heterocycles. The summed E-state index contributed by atoms with van der Waals surface area (Å²) in [4.78, 5) is 5.85. The summed E-state index contributed by atoms with van der Waals surface area (Å²) in [5.41, 5.74) is 2.81. The highest BCUT2D eigenvalue weighted by Gasteiger charge is 2.06. The molecule has 4 nitrogen and oxygen atoms in total. The van der Waals surface area contributed by atoms with Gasteiger partial charge < -0.3 is 15.5 Å². The molecule has 2 rings (SSSR count). The van der Waals surface area contributed by atoms with E-state index in [9.17, 15) is 8.78 Å². The van der Waals surface area contributed by atoms with Gasteiger partial charge in [-0.05, 0) is 41.8 Å². The van der Waals surface area contributed by atoms with Gasteiger partial charge in [-0.2, -0.15) is 0 Å². The second kappa shape index (κ2) is 8.46. The van der Waals surface area contributed by atoms with Crippen molar-refractivity contribution in [3.63, 3.8) is 0 Å². The highest BCUT2D eigenvalue weighted by molar-refractivity contribution is 5.79. The van der Waals surface area contributed by atoms with E-state index in [1.54, 1.807) is 45.1 Å². The molecule has 0 spiro atoms. The number of rotatable bonds is 5. The second-order valence-electron chi connectivity index (χ2n) is 6.04. The number of anilines is 1. The maximum atomic E-state index is 14.0. The fraction of sp³-hybridized carbons (Fsp3) is 0.316. The predicted octanol–water partition coefficient (Wildman–Crippen LogP) is 3.20. The number of nitrogens with zero attached hydrogens (tertiary/aromatic N) is 2. The smallest absolute Gasteiger partial charge is 0.191 e. The largest absolute Gasteiger partial charge is 0.375 e. The number of benzene rings is 2. The fourth-order valence-electron chi connectivity index (χ4n) is 2.36. The van der Waals surface area contributed by atoms with Gasteiger partial charge in [-0.1, -0.05) is 18.2 Å². The molecule has 0 aliphatic rings. The molecule has 0 saturated heterocycles. The second-order valence-corrected chi connectivity index (χ2v) is 6.04. The summed E-state index contributed by atoms with van der Waals surface area (Å²) in [6.07, 6.45) is 0. The van der Waals surface area contributed by atoms with Crippen LogP contribution in [0.3, 0.4) is 0 Å². The van der Waals surface area contributed by atoms with Crippen molar-refractivity contribution in [2.75, 3.05) is 26.0 Å². The number of hydrogen-bond donors (Lipinski definition) is 2. The molecular formula is C19H24F2N4. The minimum atomic E-state index is -0.262. The zero-order valence-electron chi connectivity index (χ0n) is 15.0. The predicted molar refractivity (Wildman–Crippen MR) is 98.9 cm³/mol. The summed E-state index contributed by atoms with van der Waals surface area (Å²) < 4.78 is 27.6. The maximum absolute atomic E-state index is 14.0. The number of aryl methyl sites for hydroxylation is 1. The van der Waals surface area contributed by atoms with Gasteiger partial charge in [0.15, 0.2) is 5.96 Å². The molecule has 0 heterocycles. The van der Waals surface area contributed by atoms with Crippen LogP contribution in [-0.2, 0) is 13.1 Å². The van der Waals surface area contributed by atoms with Crippen molar-refractivity contribution in [1.82, 2.24) is 10.6 Å². The van der Waals surface area contributed by atoms with Crippen molar-refractivity contribution in [3.8, 4) is 0 Å². The van der Waals surface area contributed by atoms with Crippen molar-refractivity contribution in [1.29, 1.82) is 0 Å². The molecule has 0 bridgehead atoms. The van der Waals surface area contributed by atoms with Crippen LogP contribution in [0.5, 0.6) is 0 Å². The van der Waals surface area contributed by atoms with Crippen molar-refractivity contribution in [2.45, 2.75) is 20.0 Å². The monoisotopic (exact) mass is 346 g/mol. The quantitative estimate of drug-likeness (QED) is 0.645. The molecule has 2 aromatic carbocycles. The Morgan fingerprint density at radius 2 is 1.52 bits per heavy atom. The first kappa shape index (κ1) is 18.7. The van der Waals surface area contributed by atoms with E-state index in [1.165, 1.54) is 12.1 Å². The van der Waals surface area contributed by atoms with Crippen LogP contribution in [0.1, 0.15) is 16.7 Å². The normalized spacial score (nSPS) is 11.4. The molecule has 0 aliphatic carbocycles. The SMILES string of the molecule is CN=C(NCc1ccc(C)c(F)c1)NCc1ccc(N(C)C)c(F)c1. The van der Waals surface area contributed by atoms with E-state index in [4.69, 9.17) is 0 Å².